The standard InChI is InChI=1S/C10H15N3O3/c1-7-8(2-5-16-7)6-13-10(15)9(14)12-4-3-11/h7-8H,2,4-6H2,1H3,(H,12,14)(H,13,15). The van der Waals surface area contributed by atoms with Crippen LogP contribution in [0.3, 0.4) is 0 Å². The molecule has 0 radical (unpaired) electrons. The van der Waals surface area contributed by atoms with E-state index in [0.717, 1.165) is 6.42 Å². The fraction of sp³-hybridized carbons (Fsp3) is 0.700. The van der Waals surface area contributed by atoms with Crippen molar-refractivity contribution in [3.8, 4) is 6.07 Å². The predicted octanol–water partition coefficient (Wildman–Crippen LogP) is -0.833. The third-order valence-corrected chi connectivity index (χ3v) is 2.59. The summed E-state index contributed by atoms with van der Waals surface area (Å²) in [5, 5.41) is 12.9. The molecule has 1 aliphatic rings. The molecule has 2 amide bonds. The second-order valence-corrected chi connectivity index (χ2v) is 3.68. The number of nitriles is 1. The predicted molar refractivity (Wildman–Crippen MR) is 55.2 cm³/mol. The van der Waals surface area contributed by atoms with Crippen LogP contribution in [0.4, 0.5) is 0 Å². The molecule has 0 bridgehead atoms. The third-order valence-electron chi connectivity index (χ3n) is 2.59. The van der Waals surface area contributed by atoms with Crippen LogP contribution in [0.25, 0.3) is 0 Å². The lowest BCUT2D eigenvalue weighted by molar-refractivity contribution is -0.139. The summed E-state index contributed by atoms with van der Waals surface area (Å²) in [6.45, 7) is 2.91. The molecule has 2 N–H and O–H groups in total. The van der Waals surface area contributed by atoms with E-state index in [9.17, 15) is 9.59 Å². The lowest BCUT2D eigenvalue weighted by Gasteiger charge is -2.14. The van der Waals surface area contributed by atoms with E-state index in [-0.39, 0.29) is 18.6 Å². The molecule has 1 aliphatic heterocycles. The van der Waals surface area contributed by atoms with Gasteiger partial charge in [-0.1, -0.05) is 0 Å². The quantitative estimate of drug-likeness (QED) is 0.484. The topological polar surface area (TPSA) is 91.2 Å². The summed E-state index contributed by atoms with van der Waals surface area (Å²) in [7, 11) is 0. The van der Waals surface area contributed by atoms with E-state index in [2.05, 4.69) is 10.6 Å². The van der Waals surface area contributed by atoms with Crippen molar-refractivity contribution < 1.29 is 14.3 Å². The highest BCUT2D eigenvalue weighted by molar-refractivity contribution is 6.35. The van der Waals surface area contributed by atoms with Crippen molar-refractivity contribution in [1.82, 2.24) is 10.6 Å². The van der Waals surface area contributed by atoms with Gasteiger partial charge < -0.3 is 15.4 Å². The Morgan fingerprint density at radius 1 is 1.44 bits per heavy atom. The number of hydrogen-bond donors (Lipinski definition) is 2. The Labute approximate surface area is 93.9 Å². The normalized spacial score (nSPS) is 23.5. The van der Waals surface area contributed by atoms with Crippen molar-refractivity contribution in [1.29, 1.82) is 5.26 Å². The van der Waals surface area contributed by atoms with Gasteiger partial charge in [0.1, 0.15) is 6.54 Å². The van der Waals surface area contributed by atoms with Crippen LogP contribution in [0.15, 0.2) is 0 Å². The van der Waals surface area contributed by atoms with E-state index < -0.39 is 11.8 Å². The van der Waals surface area contributed by atoms with E-state index in [1.165, 1.54) is 0 Å². The van der Waals surface area contributed by atoms with Crippen LogP contribution >= 0.6 is 0 Å². The number of carbonyl (C=O) groups is 2. The Morgan fingerprint density at radius 3 is 2.69 bits per heavy atom. The lowest BCUT2D eigenvalue weighted by Crippen LogP contribution is -2.42. The summed E-state index contributed by atoms with van der Waals surface area (Å²) in [5.74, 6) is -1.21. The molecule has 0 aromatic heterocycles. The van der Waals surface area contributed by atoms with E-state index in [4.69, 9.17) is 10.00 Å². The zero-order valence-electron chi connectivity index (χ0n) is 9.16. The van der Waals surface area contributed by atoms with Gasteiger partial charge in [0.25, 0.3) is 0 Å². The van der Waals surface area contributed by atoms with Crippen molar-refractivity contribution >= 4 is 11.8 Å². The first-order chi connectivity index (χ1) is 7.65. The van der Waals surface area contributed by atoms with Crippen molar-refractivity contribution in [3.05, 3.63) is 0 Å². The fourth-order valence-corrected chi connectivity index (χ4v) is 1.55. The number of carbonyl (C=O) groups excluding carboxylic acids is 2. The number of nitrogens with one attached hydrogen (secondary N) is 2. The Balaban J connectivity index is 2.24. The first-order valence-electron chi connectivity index (χ1n) is 5.19. The molecule has 2 unspecified atom stereocenters. The van der Waals surface area contributed by atoms with Gasteiger partial charge >= 0.3 is 11.8 Å². The third kappa shape index (κ3) is 3.51. The van der Waals surface area contributed by atoms with Crippen molar-refractivity contribution in [2.45, 2.75) is 19.4 Å². The summed E-state index contributed by atoms with van der Waals surface area (Å²) >= 11 is 0. The molecule has 0 spiro atoms. The highest BCUT2D eigenvalue weighted by Crippen LogP contribution is 2.18. The van der Waals surface area contributed by atoms with Gasteiger partial charge in [-0.15, -0.1) is 0 Å². The van der Waals surface area contributed by atoms with Gasteiger partial charge in [-0.3, -0.25) is 9.59 Å². The van der Waals surface area contributed by atoms with Gasteiger partial charge in [0.05, 0.1) is 12.2 Å². The zero-order chi connectivity index (χ0) is 12.0. The Bertz CT molecular complexity index is 311. The average molecular weight is 225 g/mol. The molecule has 6 nitrogen and oxygen atoms in total. The van der Waals surface area contributed by atoms with Crippen molar-refractivity contribution in [2.24, 2.45) is 5.92 Å². The highest BCUT2D eigenvalue weighted by atomic mass is 16.5. The molecule has 1 fully saturated rings. The molecule has 0 aromatic carbocycles. The monoisotopic (exact) mass is 225 g/mol. The molecule has 0 saturated carbocycles. The summed E-state index contributed by atoms with van der Waals surface area (Å²) in [4.78, 5) is 22.3. The average Bonchev–Trinajstić information content (AvgIpc) is 2.68. The largest absolute Gasteiger partial charge is 0.378 e. The summed E-state index contributed by atoms with van der Waals surface area (Å²) in [5.41, 5.74) is 0. The number of nitrogens with zero attached hydrogens (tertiary/aromatic N) is 1. The van der Waals surface area contributed by atoms with E-state index in [1.54, 1.807) is 6.07 Å². The molecule has 0 aliphatic carbocycles. The van der Waals surface area contributed by atoms with Gasteiger partial charge in [0.2, 0.25) is 0 Å². The van der Waals surface area contributed by atoms with Crippen LogP contribution < -0.4 is 10.6 Å². The number of ether oxygens (including phenoxy) is 1. The first kappa shape index (κ1) is 12.5. The van der Waals surface area contributed by atoms with Gasteiger partial charge in [0.15, 0.2) is 0 Å². The molecule has 16 heavy (non-hydrogen) atoms. The van der Waals surface area contributed by atoms with Crippen molar-refractivity contribution in [3.63, 3.8) is 0 Å². The molecule has 88 valence electrons. The van der Waals surface area contributed by atoms with Crippen molar-refractivity contribution in [2.75, 3.05) is 19.7 Å². The maximum Gasteiger partial charge on any atom is 0.310 e. The summed E-state index contributed by atoms with van der Waals surface area (Å²) in [6.07, 6.45) is 1.00. The van der Waals surface area contributed by atoms with E-state index in [0.29, 0.717) is 13.2 Å². The molecule has 6 heteroatoms. The van der Waals surface area contributed by atoms with Crippen LogP contribution in [0.1, 0.15) is 13.3 Å². The highest BCUT2D eigenvalue weighted by Gasteiger charge is 2.25. The maximum absolute atomic E-state index is 11.2. The second-order valence-electron chi connectivity index (χ2n) is 3.68. The molecular formula is C10H15N3O3. The van der Waals surface area contributed by atoms with Crippen LogP contribution in [-0.4, -0.2) is 37.6 Å². The Hall–Kier alpha value is -1.61. The van der Waals surface area contributed by atoms with E-state index in [1.807, 2.05) is 6.92 Å². The van der Waals surface area contributed by atoms with Gasteiger partial charge in [-0.2, -0.15) is 5.26 Å². The smallest absolute Gasteiger partial charge is 0.310 e. The molecule has 2 atom stereocenters. The van der Waals surface area contributed by atoms with Gasteiger partial charge in [-0.25, -0.2) is 0 Å². The Kier molecular flexibility index (Phi) is 4.73. The first-order valence-corrected chi connectivity index (χ1v) is 5.19. The fourth-order valence-electron chi connectivity index (χ4n) is 1.55. The summed E-state index contributed by atoms with van der Waals surface area (Å²) < 4.78 is 5.33. The molecule has 1 heterocycles. The SMILES string of the molecule is CC1OCCC1CNC(=O)C(=O)NCC#N. The van der Waals surface area contributed by atoms with Crippen LogP contribution in [-0.2, 0) is 14.3 Å². The van der Waals surface area contributed by atoms with Gasteiger partial charge in [0, 0.05) is 19.1 Å². The zero-order valence-corrected chi connectivity index (χ0v) is 9.16. The molecule has 0 aromatic rings. The van der Waals surface area contributed by atoms with Crippen LogP contribution in [0.2, 0.25) is 0 Å². The maximum atomic E-state index is 11.2. The number of amides is 2. The molecular weight excluding hydrogens is 210 g/mol. The van der Waals surface area contributed by atoms with E-state index >= 15 is 0 Å². The minimum absolute atomic E-state index is 0.113. The minimum Gasteiger partial charge on any atom is -0.378 e. The van der Waals surface area contributed by atoms with Crippen LogP contribution in [0.5, 0.6) is 0 Å². The minimum atomic E-state index is -0.770. The molecule has 1 saturated heterocycles. The number of rotatable bonds is 3. The van der Waals surface area contributed by atoms with Crippen LogP contribution in [0, 0.1) is 17.2 Å². The van der Waals surface area contributed by atoms with Gasteiger partial charge in [-0.05, 0) is 13.3 Å². The lowest BCUT2D eigenvalue weighted by atomic mass is 10.0. The number of hydrogen-bond acceptors (Lipinski definition) is 4. The second kappa shape index (κ2) is 6.08. The summed E-state index contributed by atoms with van der Waals surface area (Å²) in [6, 6.07) is 1.73. The molecule has 1 rings (SSSR count). The Morgan fingerprint density at radius 2 is 2.12 bits per heavy atom.